The molecule has 8 nitrogen and oxygen atoms in total. The van der Waals surface area contributed by atoms with Gasteiger partial charge in [0.1, 0.15) is 23.5 Å². The van der Waals surface area contributed by atoms with Crippen molar-refractivity contribution in [1.82, 2.24) is 14.9 Å². The van der Waals surface area contributed by atoms with Crippen molar-refractivity contribution in [1.29, 1.82) is 0 Å². The van der Waals surface area contributed by atoms with Gasteiger partial charge in [0.15, 0.2) is 0 Å². The average molecular weight is 436 g/mol. The highest BCUT2D eigenvalue weighted by atomic mass is 16.5. The molecule has 3 heterocycles. The Labute approximate surface area is 187 Å². The van der Waals surface area contributed by atoms with Crippen molar-refractivity contribution in [3.05, 3.63) is 59.9 Å². The first-order valence-corrected chi connectivity index (χ1v) is 10.8. The Balaban J connectivity index is 1.44. The average Bonchev–Trinajstić information content (AvgIpc) is 3.18. The van der Waals surface area contributed by atoms with Crippen LogP contribution in [0.15, 0.2) is 48.7 Å². The van der Waals surface area contributed by atoms with Crippen molar-refractivity contribution >= 4 is 22.6 Å². The first kappa shape index (κ1) is 22.0. The zero-order valence-electron chi connectivity index (χ0n) is 18.5. The SMILES string of the molecule is Cc1ccc2nccc(N3CC[C@](O)(CN(C)C(=O)c4ccc(OCCN)cc4)C3)c2n1. The van der Waals surface area contributed by atoms with Crippen LogP contribution in [0.25, 0.3) is 11.0 Å². The summed E-state index contributed by atoms with van der Waals surface area (Å²) >= 11 is 0. The fourth-order valence-corrected chi connectivity index (χ4v) is 4.16. The van der Waals surface area contributed by atoms with E-state index in [2.05, 4.69) is 14.9 Å². The first-order chi connectivity index (χ1) is 15.4. The highest BCUT2D eigenvalue weighted by Gasteiger charge is 2.38. The topological polar surface area (TPSA) is 105 Å². The van der Waals surface area contributed by atoms with Gasteiger partial charge in [-0.05, 0) is 55.8 Å². The molecule has 1 amide bonds. The number of fused-ring (bicyclic) bond motifs is 1. The van der Waals surface area contributed by atoms with E-state index in [0.717, 1.165) is 22.4 Å². The third-order valence-electron chi connectivity index (χ3n) is 5.74. The molecule has 4 rings (SSSR count). The highest BCUT2D eigenvalue weighted by molar-refractivity contribution is 5.94. The van der Waals surface area contributed by atoms with Gasteiger partial charge in [0, 0.05) is 44.1 Å². The number of aryl methyl sites for hydroxylation is 1. The van der Waals surface area contributed by atoms with Crippen molar-refractivity contribution in [3.63, 3.8) is 0 Å². The summed E-state index contributed by atoms with van der Waals surface area (Å²) in [5, 5.41) is 11.3. The largest absolute Gasteiger partial charge is 0.492 e. The molecule has 0 radical (unpaired) electrons. The minimum absolute atomic E-state index is 0.145. The van der Waals surface area contributed by atoms with E-state index in [1.54, 1.807) is 42.4 Å². The molecule has 0 bridgehead atoms. The van der Waals surface area contributed by atoms with Crippen molar-refractivity contribution in [3.8, 4) is 5.75 Å². The van der Waals surface area contributed by atoms with Gasteiger partial charge in [0.2, 0.25) is 0 Å². The molecule has 0 spiro atoms. The van der Waals surface area contributed by atoms with Gasteiger partial charge in [0.05, 0.1) is 17.7 Å². The molecular weight excluding hydrogens is 406 g/mol. The monoisotopic (exact) mass is 435 g/mol. The Hall–Kier alpha value is -3.23. The molecule has 1 atom stereocenters. The predicted octanol–water partition coefficient (Wildman–Crippen LogP) is 1.99. The van der Waals surface area contributed by atoms with Gasteiger partial charge in [-0.25, -0.2) is 4.98 Å². The van der Waals surface area contributed by atoms with Gasteiger partial charge in [0.25, 0.3) is 5.91 Å². The van der Waals surface area contributed by atoms with Crippen LogP contribution in [0, 0.1) is 6.92 Å². The summed E-state index contributed by atoms with van der Waals surface area (Å²) in [4.78, 5) is 25.6. The summed E-state index contributed by atoms with van der Waals surface area (Å²) in [6.45, 7) is 4.16. The van der Waals surface area contributed by atoms with Crippen molar-refractivity contribution in [2.24, 2.45) is 5.73 Å². The molecule has 2 aromatic heterocycles. The van der Waals surface area contributed by atoms with E-state index >= 15 is 0 Å². The molecule has 0 unspecified atom stereocenters. The molecule has 3 N–H and O–H groups in total. The van der Waals surface area contributed by atoms with Gasteiger partial charge >= 0.3 is 0 Å². The molecule has 0 saturated carbocycles. The number of anilines is 1. The van der Waals surface area contributed by atoms with Gasteiger partial charge in [-0.2, -0.15) is 0 Å². The maximum Gasteiger partial charge on any atom is 0.253 e. The second-order valence-corrected chi connectivity index (χ2v) is 8.37. The van der Waals surface area contributed by atoms with Crippen LogP contribution in [0.1, 0.15) is 22.5 Å². The lowest BCUT2D eigenvalue weighted by Gasteiger charge is -2.29. The minimum Gasteiger partial charge on any atom is -0.492 e. The second kappa shape index (κ2) is 9.10. The van der Waals surface area contributed by atoms with Crippen molar-refractivity contribution in [2.45, 2.75) is 18.9 Å². The van der Waals surface area contributed by atoms with E-state index in [-0.39, 0.29) is 12.5 Å². The number of nitrogens with two attached hydrogens (primary N) is 1. The lowest BCUT2D eigenvalue weighted by molar-refractivity contribution is 0.0264. The predicted molar refractivity (Wildman–Crippen MR) is 124 cm³/mol. The molecule has 1 fully saturated rings. The van der Waals surface area contributed by atoms with E-state index in [1.807, 2.05) is 25.1 Å². The zero-order chi connectivity index (χ0) is 22.7. The van der Waals surface area contributed by atoms with E-state index in [0.29, 0.717) is 44.0 Å². The number of ether oxygens (including phenoxy) is 1. The number of carbonyl (C=O) groups is 1. The van der Waals surface area contributed by atoms with Gasteiger partial charge < -0.3 is 25.4 Å². The number of carbonyl (C=O) groups excluding carboxylic acids is 1. The number of aromatic nitrogens is 2. The minimum atomic E-state index is -1.01. The van der Waals surface area contributed by atoms with Gasteiger partial charge in [-0.15, -0.1) is 0 Å². The number of benzene rings is 1. The van der Waals surface area contributed by atoms with E-state index in [4.69, 9.17) is 10.5 Å². The summed E-state index contributed by atoms with van der Waals surface area (Å²) in [7, 11) is 1.72. The molecule has 1 saturated heterocycles. The molecule has 1 aliphatic heterocycles. The third kappa shape index (κ3) is 4.66. The van der Waals surface area contributed by atoms with Crippen molar-refractivity contribution < 1.29 is 14.6 Å². The van der Waals surface area contributed by atoms with Crippen LogP contribution in [-0.4, -0.2) is 71.3 Å². The number of hydrogen-bond acceptors (Lipinski definition) is 7. The summed E-state index contributed by atoms with van der Waals surface area (Å²) < 4.78 is 5.46. The van der Waals surface area contributed by atoms with E-state index < -0.39 is 5.60 Å². The number of β-amino-alcohol motifs (C(OH)–C–C–N with tert-alkyl or cyclic N) is 1. The number of nitrogens with zero attached hydrogens (tertiary/aromatic N) is 4. The fraction of sp³-hybridized carbons (Fsp3) is 0.375. The smallest absolute Gasteiger partial charge is 0.253 e. The molecule has 1 aromatic carbocycles. The Morgan fingerprint density at radius 1 is 1.25 bits per heavy atom. The molecule has 3 aromatic rings. The first-order valence-electron chi connectivity index (χ1n) is 10.8. The number of hydrogen-bond donors (Lipinski definition) is 2. The number of aliphatic hydroxyl groups is 1. The molecular formula is C24H29N5O3. The molecule has 32 heavy (non-hydrogen) atoms. The van der Waals surface area contributed by atoms with E-state index in [1.165, 1.54) is 0 Å². The molecule has 168 valence electrons. The summed E-state index contributed by atoms with van der Waals surface area (Å²) in [5.41, 5.74) is 8.52. The lowest BCUT2D eigenvalue weighted by Crippen LogP contribution is -2.45. The van der Waals surface area contributed by atoms with Gasteiger partial charge in [-0.1, -0.05) is 0 Å². The molecule has 0 aliphatic carbocycles. The quantitative estimate of drug-likeness (QED) is 0.585. The van der Waals surface area contributed by atoms with E-state index in [9.17, 15) is 9.90 Å². The number of likely N-dealkylation sites (N-methyl/N-ethyl adjacent to an activating group) is 1. The van der Waals surface area contributed by atoms with Crippen LogP contribution in [0.2, 0.25) is 0 Å². The maximum absolute atomic E-state index is 12.9. The normalized spacial score (nSPS) is 18.2. The third-order valence-corrected chi connectivity index (χ3v) is 5.74. The summed E-state index contributed by atoms with van der Waals surface area (Å²) in [5.74, 6) is 0.530. The number of rotatable bonds is 7. The fourth-order valence-electron chi connectivity index (χ4n) is 4.16. The number of amides is 1. The van der Waals surface area contributed by atoms with Crippen LogP contribution < -0.4 is 15.4 Å². The highest BCUT2D eigenvalue weighted by Crippen LogP contribution is 2.31. The summed E-state index contributed by atoms with van der Waals surface area (Å²) in [6, 6.07) is 12.8. The standard InChI is InChI=1S/C24H29N5O3/c1-17-3-8-20-22(27-17)21(9-12-26-20)29-13-10-24(31,16-29)15-28(2)23(30)18-4-6-19(7-5-18)32-14-11-25/h3-9,12,31H,10-11,13-16,25H2,1-2H3/t24-/m0/s1. The van der Waals surface area contributed by atoms with Crippen LogP contribution in [0.3, 0.4) is 0 Å². The van der Waals surface area contributed by atoms with Crippen molar-refractivity contribution in [2.75, 3.05) is 44.7 Å². The second-order valence-electron chi connectivity index (χ2n) is 8.37. The van der Waals surface area contributed by atoms with Crippen LogP contribution >= 0.6 is 0 Å². The Bertz CT molecular complexity index is 1100. The lowest BCUT2D eigenvalue weighted by atomic mass is 10.0. The van der Waals surface area contributed by atoms with Gasteiger partial charge in [-0.3, -0.25) is 9.78 Å². The Morgan fingerprint density at radius 2 is 2.03 bits per heavy atom. The zero-order valence-corrected chi connectivity index (χ0v) is 18.5. The molecule has 1 aliphatic rings. The summed E-state index contributed by atoms with van der Waals surface area (Å²) in [6.07, 6.45) is 2.33. The number of pyridine rings is 2. The van der Waals surface area contributed by atoms with Crippen LogP contribution in [0.5, 0.6) is 5.75 Å². The Kier molecular flexibility index (Phi) is 6.25. The molecule has 8 heteroatoms. The maximum atomic E-state index is 12.9. The Morgan fingerprint density at radius 3 is 2.78 bits per heavy atom. The van der Waals surface area contributed by atoms with Crippen LogP contribution in [-0.2, 0) is 0 Å². The van der Waals surface area contributed by atoms with Crippen LogP contribution in [0.4, 0.5) is 5.69 Å².